The minimum atomic E-state index is -0.812. The minimum absolute atomic E-state index is 0.0362. The summed E-state index contributed by atoms with van der Waals surface area (Å²) in [6.07, 6.45) is 6.34. The third-order valence-corrected chi connectivity index (χ3v) is 6.47. The van der Waals surface area contributed by atoms with Crippen LogP contribution >= 0.6 is 0 Å². The van der Waals surface area contributed by atoms with Crippen molar-refractivity contribution in [3.8, 4) is 0 Å². The number of hydrogen-bond acceptors (Lipinski definition) is 2. The van der Waals surface area contributed by atoms with Gasteiger partial charge in [0.25, 0.3) is 0 Å². The number of nitrogens with zero attached hydrogens (tertiary/aromatic N) is 2. The summed E-state index contributed by atoms with van der Waals surface area (Å²) in [4.78, 5) is 14.7. The molecule has 0 radical (unpaired) electrons. The van der Waals surface area contributed by atoms with Gasteiger partial charge in [-0.2, -0.15) is 0 Å². The Morgan fingerprint density at radius 1 is 1.33 bits per heavy atom. The lowest BCUT2D eigenvalue weighted by Crippen LogP contribution is -2.51. The first-order valence-corrected chi connectivity index (χ1v) is 8.99. The second-order valence-electron chi connectivity index (χ2n) is 7.43. The standard InChI is InChI=1S/C20H22N2O2/c1-2-20-9-5-10-21-11-8-14-13-6-3-4-7-15(13)22(17(14)18(20)21)16(12-20)19(23)24/h3-4,6-7,12,18H,2,5,8-11H2,1H3,(H,23,24)/t18-,20-/m1/s1. The number of aromatic nitrogens is 1. The van der Waals surface area contributed by atoms with E-state index < -0.39 is 5.97 Å². The maximum atomic E-state index is 12.1. The number of hydrogen-bond donors (Lipinski definition) is 1. The van der Waals surface area contributed by atoms with E-state index >= 15 is 0 Å². The number of para-hydroxylation sites is 1. The van der Waals surface area contributed by atoms with Crippen molar-refractivity contribution in [1.82, 2.24) is 9.47 Å². The lowest BCUT2D eigenvalue weighted by molar-refractivity contribution is -0.131. The molecule has 1 aromatic carbocycles. The van der Waals surface area contributed by atoms with E-state index in [9.17, 15) is 9.90 Å². The molecule has 3 aliphatic heterocycles. The molecule has 5 rings (SSSR count). The molecule has 0 saturated carbocycles. The monoisotopic (exact) mass is 322 g/mol. The van der Waals surface area contributed by atoms with Crippen LogP contribution in [0.15, 0.2) is 30.3 Å². The Morgan fingerprint density at radius 2 is 2.17 bits per heavy atom. The highest BCUT2D eigenvalue weighted by Gasteiger charge is 2.50. The van der Waals surface area contributed by atoms with Crippen LogP contribution in [0.3, 0.4) is 0 Å². The Balaban J connectivity index is 1.92. The van der Waals surface area contributed by atoms with Gasteiger partial charge in [0.1, 0.15) is 5.70 Å². The van der Waals surface area contributed by atoms with Gasteiger partial charge in [-0.05, 0) is 49.9 Å². The minimum Gasteiger partial charge on any atom is -0.477 e. The fourth-order valence-electron chi connectivity index (χ4n) is 5.44. The predicted molar refractivity (Wildman–Crippen MR) is 93.8 cm³/mol. The number of carboxylic acid groups (broad SMARTS) is 1. The predicted octanol–water partition coefficient (Wildman–Crippen LogP) is 3.67. The summed E-state index contributed by atoms with van der Waals surface area (Å²) < 4.78 is 2.04. The number of carboxylic acids is 1. The van der Waals surface area contributed by atoms with Gasteiger partial charge in [0.05, 0.1) is 11.6 Å². The van der Waals surface area contributed by atoms with Crippen LogP contribution in [0.25, 0.3) is 16.6 Å². The molecule has 4 nitrogen and oxygen atoms in total. The van der Waals surface area contributed by atoms with Gasteiger partial charge in [0.15, 0.2) is 0 Å². The highest BCUT2D eigenvalue weighted by Crippen LogP contribution is 2.56. The summed E-state index contributed by atoms with van der Waals surface area (Å²) in [5, 5.41) is 11.2. The Bertz CT molecular complexity index is 894. The zero-order valence-corrected chi connectivity index (χ0v) is 14.0. The van der Waals surface area contributed by atoms with Crippen molar-refractivity contribution in [3.63, 3.8) is 0 Å². The fraction of sp³-hybridized carbons (Fsp3) is 0.450. The van der Waals surface area contributed by atoms with E-state index in [-0.39, 0.29) is 5.41 Å². The molecule has 1 fully saturated rings. The highest BCUT2D eigenvalue weighted by molar-refractivity contribution is 6.12. The number of aliphatic carboxylic acids is 1. The first-order chi connectivity index (χ1) is 11.7. The molecule has 4 heteroatoms. The molecule has 4 heterocycles. The lowest BCUT2D eigenvalue weighted by atomic mass is 9.66. The molecule has 3 aliphatic rings. The van der Waals surface area contributed by atoms with Crippen LogP contribution in [-0.2, 0) is 11.2 Å². The molecule has 0 amide bonds. The number of carbonyl (C=O) groups is 1. The van der Waals surface area contributed by atoms with Gasteiger partial charge in [0.2, 0.25) is 0 Å². The first-order valence-electron chi connectivity index (χ1n) is 8.99. The zero-order chi connectivity index (χ0) is 16.5. The quantitative estimate of drug-likeness (QED) is 0.917. The van der Waals surface area contributed by atoms with E-state index in [4.69, 9.17) is 0 Å². The first kappa shape index (κ1) is 14.3. The van der Waals surface area contributed by atoms with Gasteiger partial charge in [-0.15, -0.1) is 0 Å². The van der Waals surface area contributed by atoms with E-state index in [0.29, 0.717) is 11.7 Å². The van der Waals surface area contributed by atoms with Crippen LogP contribution in [-0.4, -0.2) is 33.6 Å². The van der Waals surface area contributed by atoms with Crippen LogP contribution in [0.1, 0.15) is 43.5 Å². The van der Waals surface area contributed by atoms with Crippen molar-refractivity contribution in [2.45, 2.75) is 38.6 Å². The Kier molecular flexibility index (Phi) is 2.82. The molecule has 124 valence electrons. The molecule has 24 heavy (non-hydrogen) atoms. The zero-order valence-electron chi connectivity index (χ0n) is 14.0. The van der Waals surface area contributed by atoms with Gasteiger partial charge in [-0.25, -0.2) is 4.79 Å². The Hall–Kier alpha value is -2.07. The third kappa shape index (κ3) is 1.59. The fourth-order valence-corrected chi connectivity index (χ4v) is 5.44. The topological polar surface area (TPSA) is 45.5 Å². The maximum absolute atomic E-state index is 12.1. The third-order valence-electron chi connectivity index (χ3n) is 6.47. The van der Waals surface area contributed by atoms with Gasteiger partial charge in [-0.1, -0.05) is 25.1 Å². The molecule has 0 unspecified atom stereocenters. The average Bonchev–Trinajstić information content (AvgIpc) is 2.95. The van der Waals surface area contributed by atoms with Crippen molar-refractivity contribution in [2.24, 2.45) is 5.41 Å². The van der Waals surface area contributed by atoms with Gasteiger partial charge >= 0.3 is 5.97 Å². The molecule has 1 saturated heterocycles. The van der Waals surface area contributed by atoms with Crippen LogP contribution < -0.4 is 0 Å². The second-order valence-corrected chi connectivity index (χ2v) is 7.43. The summed E-state index contributed by atoms with van der Waals surface area (Å²) in [7, 11) is 0. The van der Waals surface area contributed by atoms with E-state index in [2.05, 4.69) is 36.1 Å². The van der Waals surface area contributed by atoms with Crippen molar-refractivity contribution >= 4 is 22.6 Å². The summed E-state index contributed by atoms with van der Waals surface area (Å²) >= 11 is 0. The summed E-state index contributed by atoms with van der Waals surface area (Å²) in [5.74, 6) is -0.812. The van der Waals surface area contributed by atoms with Crippen molar-refractivity contribution < 1.29 is 9.90 Å². The molecule has 2 atom stereocenters. The largest absolute Gasteiger partial charge is 0.477 e. The van der Waals surface area contributed by atoms with Gasteiger partial charge in [0, 0.05) is 23.0 Å². The summed E-state index contributed by atoms with van der Waals surface area (Å²) in [6, 6.07) is 8.63. The second kappa shape index (κ2) is 4.73. The highest BCUT2D eigenvalue weighted by atomic mass is 16.4. The SMILES string of the molecule is CC[C@]12C=C(C(=O)O)n3c4c(c5ccccc53)CCN(CCC1)[C@H]42. The normalized spacial score (nSPS) is 28.5. The van der Waals surface area contributed by atoms with Crippen LogP contribution in [0.2, 0.25) is 0 Å². The number of piperidine rings is 1. The van der Waals surface area contributed by atoms with Crippen LogP contribution in [0, 0.1) is 5.41 Å². The smallest absolute Gasteiger partial charge is 0.352 e. The van der Waals surface area contributed by atoms with Gasteiger partial charge < -0.3 is 9.67 Å². The number of benzene rings is 1. The molecule has 0 spiro atoms. The van der Waals surface area contributed by atoms with E-state index in [1.165, 1.54) is 16.6 Å². The van der Waals surface area contributed by atoms with Crippen molar-refractivity contribution in [1.29, 1.82) is 0 Å². The Labute approximate surface area is 141 Å². The lowest BCUT2D eigenvalue weighted by Gasteiger charge is -2.53. The molecule has 2 aromatic rings. The van der Waals surface area contributed by atoms with Crippen LogP contribution in [0.4, 0.5) is 0 Å². The van der Waals surface area contributed by atoms with Crippen molar-refractivity contribution in [3.05, 3.63) is 41.6 Å². The van der Waals surface area contributed by atoms with Crippen molar-refractivity contribution in [2.75, 3.05) is 13.1 Å². The molecule has 0 aliphatic carbocycles. The summed E-state index contributed by atoms with van der Waals surface area (Å²) in [6.45, 7) is 4.43. The van der Waals surface area contributed by atoms with E-state index in [1.54, 1.807) is 0 Å². The number of rotatable bonds is 2. The molecule has 1 aromatic heterocycles. The summed E-state index contributed by atoms with van der Waals surface area (Å²) in [5.41, 5.74) is 4.09. The number of fused-ring (bicyclic) bond motifs is 3. The maximum Gasteiger partial charge on any atom is 0.352 e. The van der Waals surface area contributed by atoms with Gasteiger partial charge in [-0.3, -0.25) is 4.90 Å². The van der Waals surface area contributed by atoms with Crippen LogP contribution in [0.5, 0.6) is 0 Å². The molecular formula is C20H22N2O2. The van der Waals surface area contributed by atoms with E-state index in [0.717, 1.165) is 44.3 Å². The molecule has 1 N–H and O–H groups in total. The van der Waals surface area contributed by atoms with E-state index in [1.807, 2.05) is 10.6 Å². The molecular weight excluding hydrogens is 300 g/mol. The average molecular weight is 322 g/mol. The Morgan fingerprint density at radius 3 is 2.96 bits per heavy atom. The molecule has 0 bridgehead atoms.